The zero-order valence-electron chi connectivity index (χ0n) is 6.26. The van der Waals surface area contributed by atoms with Gasteiger partial charge >= 0.3 is 0 Å². The molecule has 1 aliphatic rings. The van der Waals surface area contributed by atoms with Gasteiger partial charge in [-0.15, -0.1) is 0 Å². The van der Waals surface area contributed by atoms with Gasteiger partial charge in [0, 0.05) is 9.77 Å². The van der Waals surface area contributed by atoms with E-state index in [1.54, 1.807) is 0 Å². The fourth-order valence-electron chi connectivity index (χ4n) is 0.852. The third-order valence-corrected chi connectivity index (χ3v) is 2.99. The van der Waals surface area contributed by atoms with Crippen LogP contribution in [-0.4, -0.2) is 11.1 Å². The first-order chi connectivity index (χ1) is 5.75. The third-order valence-electron chi connectivity index (χ3n) is 1.59. The molecule has 0 amide bonds. The molecule has 0 N–H and O–H groups in total. The summed E-state index contributed by atoms with van der Waals surface area (Å²) in [5.74, 6) is 0.935. The Bertz CT molecular complexity index is 299. The standard InChI is InChI=1S/C8H7I2NO/c9-5-3-7(8(10)11-4-5)12-6-1-2-6/h3-4,6H,1-2H2. The highest BCUT2D eigenvalue weighted by Gasteiger charge is 2.24. The molecule has 64 valence electrons. The van der Waals surface area contributed by atoms with E-state index in [-0.39, 0.29) is 0 Å². The number of halogens is 2. The Hall–Kier alpha value is 0.410. The highest BCUT2D eigenvalue weighted by molar-refractivity contribution is 14.1. The molecule has 0 aliphatic heterocycles. The molecule has 1 saturated carbocycles. The number of ether oxygens (including phenoxy) is 1. The van der Waals surface area contributed by atoms with Crippen LogP contribution in [0.5, 0.6) is 5.75 Å². The van der Waals surface area contributed by atoms with Crippen molar-refractivity contribution in [3.05, 3.63) is 19.5 Å². The van der Waals surface area contributed by atoms with Crippen LogP contribution < -0.4 is 4.74 Å². The Labute approximate surface area is 98.4 Å². The van der Waals surface area contributed by atoms with Crippen LogP contribution in [0.2, 0.25) is 0 Å². The van der Waals surface area contributed by atoms with Crippen LogP contribution in [0.25, 0.3) is 0 Å². The van der Waals surface area contributed by atoms with Crippen LogP contribution in [-0.2, 0) is 0 Å². The van der Waals surface area contributed by atoms with Crippen LogP contribution in [0, 0.1) is 7.27 Å². The summed E-state index contributed by atoms with van der Waals surface area (Å²) in [6, 6.07) is 2.04. The second kappa shape index (κ2) is 3.65. The average molecular weight is 387 g/mol. The Morgan fingerprint density at radius 3 is 2.83 bits per heavy atom. The van der Waals surface area contributed by atoms with Gasteiger partial charge in [0.1, 0.15) is 3.70 Å². The highest BCUT2D eigenvalue weighted by atomic mass is 127. The topological polar surface area (TPSA) is 22.1 Å². The van der Waals surface area contributed by atoms with Crippen molar-refractivity contribution in [1.82, 2.24) is 4.98 Å². The maximum Gasteiger partial charge on any atom is 0.152 e. The van der Waals surface area contributed by atoms with Crippen LogP contribution in [0.3, 0.4) is 0 Å². The lowest BCUT2D eigenvalue weighted by molar-refractivity contribution is 0.299. The van der Waals surface area contributed by atoms with Gasteiger partial charge in [-0.05, 0) is 64.1 Å². The van der Waals surface area contributed by atoms with Crippen LogP contribution in [0.15, 0.2) is 12.3 Å². The van der Waals surface area contributed by atoms with Crippen molar-refractivity contribution in [3.8, 4) is 5.75 Å². The molecule has 1 aliphatic carbocycles. The molecule has 1 aromatic heterocycles. The van der Waals surface area contributed by atoms with E-state index in [9.17, 15) is 0 Å². The molecular formula is C8H7I2NO. The van der Waals surface area contributed by atoms with Crippen LogP contribution in [0.1, 0.15) is 12.8 Å². The number of aromatic nitrogens is 1. The summed E-state index contributed by atoms with van der Waals surface area (Å²) >= 11 is 4.44. The molecule has 0 aromatic carbocycles. The Morgan fingerprint density at radius 1 is 1.42 bits per heavy atom. The molecule has 4 heteroatoms. The molecule has 1 fully saturated rings. The van der Waals surface area contributed by atoms with Crippen molar-refractivity contribution in [3.63, 3.8) is 0 Å². The van der Waals surface area contributed by atoms with Crippen molar-refractivity contribution in [2.24, 2.45) is 0 Å². The van der Waals surface area contributed by atoms with Gasteiger partial charge in [0.15, 0.2) is 5.75 Å². The largest absolute Gasteiger partial charge is 0.488 e. The first-order valence-electron chi connectivity index (χ1n) is 3.73. The van der Waals surface area contributed by atoms with E-state index >= 15 is 0 Å². The monoisotopic (exact) mass is 387 g/mol. The number of pyridine rings is 1. The first kappa shape index (κ1) is 8.98. The fourth-order valence-corrected chi connectivity index (χ4v) is 1.70. The minimum atomic E-state index is 0.457. The molecule has 0 saturated heterocycles. The van der Waals surface area contributed by atoms with E-state index in [4.69, 9.17) is 4.74 Å². The number of rotatable bonds is 2. The zero-order valence-corrected chi connectivity index (χ0v) is 10.6. The van der Waals surface area contributed by atoms with Gasteiger partial charge in [0.05, 0.1) is 6.10 Å². The molecule has 0 unspecified atom stereocenters. The van der Waals surface area contributed by atoms with Gasteiger partial charge in [0.2, 0.25) is 0 Å². The average Bonchev–Trinajstić information content (AvgIpc) is 2.81. The molecule has 12 heavy (non-hydrogen) atoms. The summed E-state index contributed by atoms with van der Waals surface area (Å²) in [6.07, 6.45) is 4.70. The normalized spacial score (nSPS) is 16.2. The second-order valence-electron chi connectivity index (χ2n) is 2.76. The van der Waals surface area contributed by atoms with Gasteiger partial charge in [-0.1, -0.05) is 0 Å². The second-order valence-corrected chi connectivity index (χ2v) is 5.03. The van der Waals surface area contributed by atoms with Crippen molar-refractivity contribution in [2.45, 2.75) is 18.9 Å². The maximum atomic E-state index is 5.66. The Morgan fingerprint density at radius 2 is 2.17 bits per heavy atom. The summed E-state index contributed by atoms with van der Waals surface area (Å²) in [4.78, 5) is 4.21. The number of nitrogens with zero attached hydrogens (tertiary/aromatic N) is 1. The minimum absolute atomic E-state index is 0.457. The van der Waals surface area contributed by atoms with E-state index in [1.807, 2.05) is 12.3 Å². The molecule has 1 heterocycles. The van der Waals surface area contributed by atoms with E-state index in [0.717, 1.165) is 13.0 Å². The quantitative estimate of drug-likeness (QED) is 0.576. The first-order valence-corrected chi connectivity index (χ1v) is 5.89. The van der Waals surface area contributed by atoms with Crippen molar-refractivity contribution in [1.29, 1.82) is 0 Å². The van der Waals surface area contributed by atoms with Crippen LogP contribution in [0.4, 0.5) is 0 Å². The van der Waals surface area contributed by atoms with Gasteiger partial charge in [-0.2, -0.15) is 0 Å². The molecule has 2 rings (SSSR count). The predicted octanol–water partition coefficient (Wildman–Crippen LogP) is 2.83. The summed E-state index contributed by atoms with van der Waals surface area (Å²) in [5, 5.41) is 0. The summed E-state index contributed by atoms with van der Waals surface area (Å²) < 4.78 is 7.75. The van der Waals surface area contributed by atoms with Crippen molar-refractivity contribution in [2.75, 3.05) is 0 Å². The number of hydrogen-bond acceptors (Lipinski definition) is 2. The minimum Gasteiger partial charge on any atom is -0.488 e. The molecule has 0 radical (unpaired) electrons. The van der Waals surface area contributed by atoms with Gasteiger partial charge < -0.3 is 4.74 Å². The molecule has 0 bridgehead atoms. The highest BCUT2D eigenvalue weighted by Crippen LogP contribution is 2.29. The Kier molecular flexibility index (Phi) is 2.73. The predicted molar refractivity (Wildman–Crippen MR) is 63.3 cm³/mol. The Balaban J connectivity index is 2.21. The SMILES string of the molecule is Ic1cnc(I)c(OC2CC2)c1. The molecule has 1 aromatic rings. The van der Waals surface area contributed by atoms with Crippen molar-refractivity contribution >= 4 is 45.2 Å². The number of hydrogen-bond donors (Lipinski definition) is 0. The molecule has 0 spiro atoms. The third kappa shape index (κ3) is 2.21. The summed E-state index contributed by atoms with van der Waals surface area (Å²) in [5.41, 5.74) is 0. The smallest absolute Gasteiger partial charge is 0.152 e. The van der Waals surface area contributed by atoms with E-state index in [2.05, 4.69) is 50.2 Å². The molecule has 2 nitrogen and oxygen atoms in total. The fraction of sp³-hybridized carbons (Fsp3) is 0.375. The van der Waals surface area contributed by atoms with E-state index in [0.29, 0.717) is 6.10 Å². The molecule has 0 atom stereocenters. The summed E-state index contributed by atoms with van der Waals surface area (Å²) in [7, 11) is 0. The summed E-state index contributed by atoms with van der Waals surface area (Å²) in [6.45, 7) is 0. The van der Waals surface area contributed by atoms with Crippen molar-refractivity contribution < 1.29 is 4.74 Å². The van der Waals surface area contributed by atoms with Crippen LogP contribution >= 0.6 is 45.2 Å². The van der Waals surface area contributed by atoms with E-state index < -0.39 is 0 Å². The maximum absolute atomic E-state index is 5.66. The van der Waals surface area contributed by atoms with Gasteiger partial charge in [-0.3, -0.25) is 0 Å². The van der Waals surface area contributed by atoms with E-state index in [1.165, 1.54) is 12.8 Å². The molecular weight excluding hydrogens is 380 g/mol. The van der Waals surface area contributed by atoms with Gasteiger partial charge in [-0.25, -0.2) is 4.98 Å². The van der Waals surface area contributed by atoms with Gasteiger partial charge in [0.25, 0.3) is 0 Å². The lowest BCUT2D eigenvalue weighted by Gasteiger charge is -2.05. The zero-order chi connectivity index (χ0) is 8.55. The lowest BCUT2D eigenvalue weighted by Crippen LogP contribution is -1.99. The lowest BCUT2D eigenvalue weighted by atomic mass is 10.5.